The summed E-state index contributed by atoms with van der Waals surface area (Å²) < 4.78 is 0. The topological polar surface area (TPSA) is 88.6 Å². The summed E-state index contributed by atoms with van der Waals surface area (Å²) in [4.78, 5) is 2.23. The first-order chi connectivity index (χ1) is 10.3. The number of hydrogen-bond donors (Lipinski definition) is 1. The predicted molar refractivity (Wildman–Crippen MR) is 79.2 cm³/mol. The zero-order valence-electron chi connectivity index (χ0n) is 12.1. The van der Waals surface area contributed by atoms with Gasteiger partial charge in [-0.2, -0.15) is 15.6 Å². The van der Waals surface area contributed by atoms with Crippen LogP contribution in [-0.2, 0) is 0 Å². The molecule has 6 heteroatoms. The van der Waals surface area contributed by atoms with Gasteiger partial charge in [0.15, 0.2) is 5.82 Å². The van der Waals surface area contributed by atoms with Crippen molar-refractivity contribution in [2.45, 2.75) is 31.7 Å². The zero-order valence-corrected chi connectivity index (χ0v) is 12.1. The molecule has 1 aromatic heterocycles. The van der Waals surface area contributed by atoms with E-state index in [9.17, 15) is 0 Å². The summed E-state index contributed by atoms with van der Waals surface area (Å²) in [6, 6.07) is 8.59. The van der Waals surface area contributed by atoms with Crippen LogP contribution in [0.3, 0.4) is 0 Å². The molecular formula is C15H20N6. The molecule has 1 saturated heterocycles. The normalized spacial score (nSPS) is 19.5. The minimum absolute atomic E-state index is 0.0865. The van der Waals surface area contributed by atoms with Crippen molar-refractivity contribution < 1.29 is 0 Å². The van der Waals surface area contributed by atoms with Gasteiger partial charge in [-0.05, 0) is 31.4 Å². The monoisotopic (exact) mass is 284 g/mol. The molecule has 1 fully saturated rings. The van der Waals surface area contributed by atoms with Gasteiger partial charge < -0.3 is 10.2 Å². The third kappa shape index (κ3) is 4.70. The number of nitriles is 2. The number of rotatable bonds is 6. The van der Waals surface area contributed by atoms with Crippen molar-refractivity contribution in [1.82, 2.24) is 15.5 Å². The molecule has 2 atom stereocenters. The Morgan fingerprint density at radius 3 is 3.10 bits per heavy atom. The third-order valence-corrected chi connectivity index (χ3v) is 3.74. The molecule has 6 nitrogen and oxygen atoms in total. The van der Waals surface area contributed by atoms with Gasteiger partial charge in [-0.25, -0.2) is 0 Å². The Morgan fingerprint density at radius 1 is 1.48 bits per heavy atom. The number of aromatic nitrogens is 2. The smallest absolute Gasteiger partial charge is 0.151 e. The Bertz CT molecular complexity index is 503. The van der Waals surface area contributed by atoms with Crippen LogP contribution in [0.2, 0.25) is 0 Å². The van der Waals surface area contributed by atoms with E-state index in [0.29, 0.717) is 25.4 Å². The molecule has 0 saturated carbocycles. The molecule has 2 rings (SSSR count). The fourth-order valence-corrected chi connectivity index (χ4v) is 2.57. The minimum Gasteiger partial charge on any atom is -0.354 e. The highest BCUT2D eigenvalue weighted by molar-refractivity contribution is 5.37. The van der Waals surface area contributed by atoms with E-state index in [1.165, 1.54) is 0 Å². The molecule has 0 spiro atoms. The Balaban J connectivity index is 1.82. The Kier molecular flexibility index (Phi) is 5.93. The first-order valence-corrected chi connectivity index (χ1v) is 7.36. The molecule has 21 heavy (non-hydrogen) atoms. The number of hydrogen-bond acceptors (Lipinski definition) is 6. The molecule has 0 aliphatic carbocycles. The Morgan fingerprint density at radius 2 is 2.38 bits per heavy atom. The summed E-state index contributed by atoms with van der Waals surface area (Å²) >= 11 is 0. The second kappa shape index (κ2) is 8.18. The van der Waals surface area contributed by atoms with Crippen molar-refractivity contribution >= 4 is 5.82 Å². The van der Waals surface area contributed by atoms with Gasteiger partial charge in [-0.1, -0.05) is 0 Å². The number of nitrogens with zero attached hydrogens (tertiary/aromatic N) is 5. The van der Waals surface area contributed by atoms with Gasteiger partial charge in [0.05, 0.1) is 18.1 Å². The molecular weight excluding hydrogens is 264 g/mol. The van der Waals surface area contributed by atoms with E-state index in [0.717, 1.165) is 31.7 Å². The maximum absolute atomic E-state index is 9.08. The molecule has 1 N–H and O–H groups in total. The summed E-state index contributed by atoms with van der Waals surface area (Å²) in [5.74, 6) is 0.821. The van der Waals surface area contributed by atoms with Gasteiger partial charge in [0, 0.05) is 38.3 Å². The number of anilines is 1. The van der Waals surface area contributed by atoms with Gasteiger partial charge in [0.2, 0.25) is 0 Å². The summed E-state index contributed by atoms with van der Waals surface area (Å²) in [5, 5.41) is 29.2. The standard InChI is InChI=1S/C15H20N6/c16-7-1-4-13(10-17)11-18-14-5-3-9-21(12-14)15-6-2-8-19-20-15/h2,6,8,13-14,18H,1,3-5,9,11-12H2/t13-,14-/m1/s1. The zero-order chi connectivity index (χ0) is 14.9. The van der Waals surface area contributed by atoms with Crippen LogP contribution >= 0.6 is 0 Å². The second-order valence-electron chi connectivity index (χ2n) is 5.30. The lowest BCUT2D eigenvalue weighted by molar-refractivity contribution is 0.398. The second-order valence-corrected chi connectivity index (χ2v) is 5.30. The van der Waals surface area contributed by atoms with E-state index in [1.807, 2.05) is 12.1 Å². The number of nitrogens with one attached hydrogen (secondary N) is 1. The largest absolute Gasteiger partial charge is 0.354 e. The van der Waals surface area contributed by atoms with Crippen LogP contribution in [0.4, 0.5) is 5.82 Å². The maximum Gasteiger partial charge on any atom is 0.151 e. The molecule has 1 aliphatic heterocycles. The molecule has 1 aliphatic rings. The average molecular weight is 284 g/mol. The third-order valence-electron chi connectivity index (χ3n) is 3.74. The Labute approximate surface area is 125 Å². The van der Waals surface area contributed by atoms with Gasteiger partial charge >= 0.3 is 0 Å². The summed E-state index contributed by atoms with van der Waals surface area (Å²) in [6.07, 6.45) is 4.96. The van der Waals surface area contributed by atoms with Gasteiger partial charge in [-0.15, -0.1) is 5.10 Å². The average Bonchev–Trinajstić information content (AvgIpc) is 2.56. The highest BCUT2D eigenvalue weighted by Gasteiger charge is 2.21. The summed E-state index contributed by atoms with van der Waals surface area (Å²) in [5.41, 5.74) is 0. The maximum atomic E-state index is 9.08. The van der Waals surface area contributed by atoms with Gasteiger partial charge in [0.25, 0.3) is 0 Å². The molecule has 110 valence electrons. The van der Waals surface area contributed by atoms with Crippen LogP contribution in [0.15, 0.2) is 18.3 Å². The molecule has 0 radical (unpaired) electrons. The highest BCUT2D eigenvalue weighted by Crippen LogP contribution is 2.17. The molecule has 2 heterocycles. The molecule has 0 aromatic carbocycles. The molecule has 0 unspecified atom stereocenters. The van der Waals surface area contributed by atoms with Crippen LogP contribution in [0, 0.1) is 28.6 Å². The van der Waals surface area contributed by atoms with Crippen LogP contribution in [0.5, 0.6) is 0 Å². The van der Waals surface area contributed by atoms with Crippen LogP contribution in [0.1, 0.15) is 25.7 Å². The minimum atomic E-state index is -0.0865. The van der Waals surface area contributed by atoms with E-state index < -0.39 is 0 Å². The molecule has 1 aromatic rings. The van der Waals surface area contributed by atoms with E-state index in [1.54, 1.807) is 6.20 Å². The van der Waals surface area contributed by atoms with Crippen LogP contribution in [0.25, 0.3) is 0 Å². The predicted octanol–water partition coefficient (Wildman–Crippen LogP) is 1.48. The highest BCUT2D eigenvalue weighted by atomic mass is 15.3. The van der Waals surface area contributed by atoms with Crippen molar-refractivity contribution in [3.05, 3.63) is 18.3 Å². The lowest BCUT2D eigenvalue weighted by atomic mass is 10.0. The quantitative estimate of drug-likeness (QED) is 0.851. The van der Waals surface area contributed by atoms with Crippen molar-refractivity contribution in [2.24, 2.45) is 5.92 Å². The van der Waals surface area contributed by atoms with Crippen LogP contribution in [-0.4, -0.2) is 35.9 Å². The first kappa shape index (κ1) is 15.2. The van der Waals surface area contributed by atoms with E-state index in [-0.39, 0.29) is 5.92 Å². The summed E-state index contributed by atoms with van der Waals surface area (Å²) in [7, 11) is 0. The summed E-state index contributed by atoms with van der Waals surface area (Å²) in [6.45, 7) is 2.53. The molecule has 0 amide bonds. The van der Waals surface area contributed by atoms with Crippen molar-refractivity contribution in [3.8, 4) is 12.1 Å². The fraction of sp³-hybridized carbons (Fsp3) is 0.600. The molecule has 0 bridgehead atoms. The van der Waals surface area contributed by atoms with E-state index in [2.05, 4.69) is 32.6 Å². The first-order valence-electron chi connectivity index (χ1n) is 7.36. The van der Waals surface area contributed by atoms with E-state index >= 15 is 0 Å². The van der Waals surface area contributed by atoms with Gasteiger partial charge in [-0.3, -0.25) is 0 Å². The van der Waals surface area contributed by atoms with Crippen molar-refractivity contribution in [2.75, 3.05) is 24.5 Å². The fourth-order valence-electron chi connectivity index (χ4n) is 2.57. The lowest BCUT2D eigenvalue weighted by Crippen LogP contribution is -2.47. The SMILES string of the molecule is N#CCC[C@H](C#N)CN[C@@H]1CCCN(c2cccnn2)C1. The van der Waals surface area contributed by atoms with E-state index in [4.69, 9.17) is 10.5 Å². The van der Waals surface area contributed by atoms with Crippen molar-refractivity contribution in [3.63, 3.8) is 0 Å². The van der Waals surface area contributed by atoms with Crippen molar-refractivity contribution in [1.29, 1.82) is 10.5 Å². The van der Waals surface area contributed by atoms with Gasteiger partial charge in [0.1, 0.15) is 0 Å². The lowest BCUT2D eigenvalue weighted by Gasteiger charge is -2.34. The Hall–Kier alpha value is -2.18. The number of piperidine rings is 1. The van der Waals surface area contributed by atoms with Crippen LogP contribution < -0.4 is 10.2 Å².